The minimum atomic E-state index is -4.94. The Labute approximate surface area is 192 Å². The van der Waals surface area contributed by atoms with Crippen molar-refractivity contribution in [3.8, 4) is 0 Å². The van der Waals surface area contributed by atoms with Crippen molar-refractivity contribution < 1.29 is 52.1 Å². The summed E-state index contributed by atoms with van der Waals surface area (Å²) < 4.78 is 60.5. The highest BCUT2D eigenvalue weighted by Crippen LogP contribution is 2.42. The standard InChI is InChI=1S/C22H25FN2O3.ClHO4/c1-4-22(13-18(27-2)21(26)28-3)9-5-10-25-11-8-15-16-12-14(23)6-7-17(16)24-19(15)20(22)25;2-1(3,4)5/h6-7,12-13H,4-5,8-11H2,1-3H3;(H,2,3,4,5)/t22-;/m0./s1. The van der Waals surface area contributed by atoms with E-state index in [0.717, 1.165) is 60.9 Å². The summed E-state index contributed by atoms with van der Waals surface area (Å²) in [6.45, 7) is 4.00. The fraction of sp³-hybridized carbons (Fsp3) is 0.455. The van der Waals surface area contributed by atoms with E-state index in [0.29, 0.717) is 0 Å². The molecule has 0 spiro atoms. The number of halogens is 2. The van der Waals surface area contributed by atoms with Crippen molar-refractivity contribution in [1.82, 2.24) is 4.98 Å². The fourth-order valence-electron chi connectivity index (χ4n) is 4.83. The summed E-state index contributed by atoms with van der Waals surface area (Å²) in [4.78, 5) is 15.7. The highest BCUT2D eigenvalue weighted by Gasteiger charge is 2.47. The molecule has 33 heavy (non-hydrogen) atoms. The molecule has 1 atom stereocenters. The van der Waals surface area contributed by atoms with Gasteiger partial charge in [-0.05, 0) is 42.7 Å². The lowest BCUT2D eigenvalue weighted by Crippen LogP contribution is -2.68. The number of nitrogens with zero attached hydrogens (tertiary/aromatic N) is 1. The molecule has 0 fully saturated rings. The summed E-state index contributed by atoms with van der Waals surface area (Å²) in [5.74, 6) is -0.463. The number of fused-ring (bicyclic) bond motifs is 4. The Morgan fingerprint density at radius 3 is 2.55 bits per heavy atom. The molecular weight excluding hydrogens is 459 g/mol. The molecule has 0 saturated carbocycles. The van der Waals surface area contributed by atoms with Crippen LogP contribution >= 0.6 is 0 Å². The molecule has 0 amide bonds. The lowest BCUT2D eigenvalue weighted by molar-refractivity contribution is -2.00. The number of ether oxygens (including phenoxy) is 2. The minimum Gasteiger partial charge on any atom is -0.490 e. The molecular formula is C22H26ClFN2O7. The van der Waals surface area contributed by atoms with Crippen LogP contribution in [0.2, 0.25) is 0 Å². The van der Waals surface area contributed by atoms with Gasteiger partial charge in [0.1, 0.15) is 24.6 Å². The number of benzene rings is 1. The molecule has 0 bridgehead atoms. The van der Waals surface area contributed by atoms with Crippen molar-refractivity contribution in [3.05, 3.63) is 47.1 Å². The summed E-state index contributed by atoms with van der Waals surface area (Å²) in [5, 5.41) is 0.946. The molecule has 4 rings (SSSR count). The van der Waals surface area contributed by atoms with Crippen LogP contribution in [-0.2, 0) is 20.7 Å². The summed E-state index contributed by atoms with van der Waals surface area (Å²) in [5.41, 5.74) is 4.00. The molecule has 11 heteroatoms. The van der Waals surface area contributed by atoms with Gasteiger partial charge in [-0.3, -0.25) is 0 Å². The summed E-state index contributed by atoms with van der Waals surface area (Å²) >= 11 is 0. The van der Waals surface area contributed by atoms with Crippen LogP contribution in [-0.4, -0.2) is 48.5 Å². The average molecular weight is 485 g/mol. The lowest BCUT2D eigenvalue weighted by atomic mass is 9.71. The molecule has 0 radical (unpaired) electrons. The number of nitrogens with one attached hydrogen (secondary N) is 1. The molecule has 0 saturated heterocycles. The maximum atomic E-state index is 13.9. The Morgan fingerprint density at radius 1 is 1.24 bits per heavy atom. The van der Waals surface area contributed by atoms with E-state index in [4.69, 9.17) is 28.1 Å². The zero-order chi connectivity index (χ0) is 24.4. The number of H-pyrrole nitrogens is 1. The van der Waals surface area contributed by atoms with Gasteiger partial charge in [-0.25, -0.2) is 32.4 Å². The predicted molar refractivity (Wildman–Crippen MR) is 105 cm³/mol. The second kappa shape index (κ2) is 9.78. The third-order valence-corrected chi connectivity index (χ3v) is 6.22. The van der Waals surface area contributed by atoms with Crippen LogP contribution < -0.4 is 18.6 Å². The molecule has 9 nitrogen and oxygen atoms in total. The van der Waals surface area contributed by atoms with Crippen LogP contribution in [0.1, 0.15) is 37.4 Å². The molecule has 2 aromatic rings. The first kappa shape index (κ1) is 25.1. The molecule has 2 aliphatic rings. The van der Waals surface area contributed by atoms with Gasteiger partial charge < -0.3 is 14.5 Å². The van der Waals surface area contributed by atoms with E-state index in [2.05, 4.69) is 16.5 Å². The number of hydrogen-bond donors (Lipinski definition) is 1. The highest BCUT2D eigenvalue weighted by molar-refractivity contribution is 6.08. The molecule has 1 aromatic carbocycles. The highest BCUT2D eigenvalue weighted by atomic mass is 35.7. The van der Waals surface area contributed by atoms with E-state index in [1.165, 1.54) is 26.0 Å². The number of methoxy groups -OCH3 is 2. The van der Waals surface area contributed by atoms with E-state index >= 15 is 0 Å². The summed E-state index contributed by atoms with van der Waals surface area (Å²) in [7, 11) is -2.09. The Bertz CT molecular complexity index is 1100. The molecule has 0 aliphatic carbocycles. The van der Waals surface area contributed by atoms with Crippen LogP contribution in [0.5, 0.6) is 0 Å². The number of hydrogen-bond acceptors (Lipinski definition) is 7. The number of rotatable bonds is 4. The largest absolute Gasteiger partial charge is 0.490 e. The van der Waals surface area contributed by atoms with Crippen molar-refractivity contribution in [2.24, 2.45) is 5.41 Å². The molecule has 180 valence electrons. The van der Waals surface area contributed by atoms with Crippen LogP contribution in [0.15, 0.2) is 30.0 Å². The Hall–Kier alpha value is -2.50. The van der Waals surface area contributed by atoms with E-state index < -0.39 is 16.2 Å². The molecule has 1 aromatic heterocycles. The first-order chi connectivity index (χ1) is 15.5. The Kier molecular flexibility index (Phi) is 7.45. The quantitative estimate of drug-likeness (QED) is 0.248. The average Bonchev–Trinajstić information content (AvgIpc) is 3.13. The molecule has 3 heterocycles. The maximum Gasteiger partial charge on any atom is 0.372 e. The van der Waals surface area contributed by atoms with Gasteiger partial charge in [0.2, 0.25) is 11.5 Å². The van der Waals surface area contributed by atoms with Gasteiger partial charge in [-0.2, -0.15) is 0 Å². The van der Waals surface area contributed by atoms with Gasteiger partial charge >= 0.3 is 5.97 Å². The van der Waals surface area contributed by atoms with Crippen LogP contribution in [0.25, 0.3) is 10.9 Å². The first-order valence-corrected chi connectivity index (χ1v) is 11.7. The molecule has 0 unspecified atom stereocenters. The number of carbonyl (C=O) groups is 1. The van der Waals surface area contributed by atoms with E-state index in [9.17, 15) is 9.18 Å². The normalized spacial score (nSPS) is 20.5. The fourth-order valence-corrected chi connectivity index (χ4v) is 4.83. The SMILES string of the molecule is CC[C@@]1(C=C(OC)C(=O)OC)CCC[N+]2=C1c1[nH]c3ccc(F)cc3c1CC2.[O-][Cl+3]([O-])([O-])[O-]. The third-order valence-electron chi connectivity index (χ3n) is 6.22. The van der Waals surface area contributed by atoms with Gasteiger partial charge in [0.05, 0.1) is 19.6 Å². The van der Waals surface area contributed by atoms with E-state index in [1.807, 2.05) is 6.08 Å². The second-order valence-electron chi connectivity index (χ2n) is 7.95. The summed E-state index contributed by atoms with van der Waals surface area (Å²) in [6, 6.07) is 4.90. The monoisotopic (exact) mass is 484 g/mol. The maximum absolute atomic E-state index is 13.9. The number of allylic oxidation sites excluding steroid dienone is 1. The van der Waals surface area contributed by atoms with Crippen molar-refractivity contribution in [3.63, 3.8) is 0 Å². The number of esters is 1. The van der Waals surface area contributed by atoms with Gasteiger partial charge in [0.25, 0.3) is 0 Å². The lowest BCUT2D eigenvalue weighted by Gasteiger charge is -2.35. The van der Waals surface area contributed by atoms with Gasteiger partial charge in [0, 0.05) is 23.7 Å². The third kappa shape index (κ3) is 5.36. The van der Waals surface area contributed by atoms with Gasteiger partial charge in [-0.1, -0.05) is 6.92 Å². The van der Waals surface area contributed by atoms with Crippen LogP contribution in [0, 0.1) is 21.5 Å². The number of aromatic amines is 1. The van der Waals surface area contributed by atoms with Crippen molar-refractivity contribution >= 4 is 22.6 Å². The Morgan fingerprint density at radius 2 is 1.94 bits per heavy atom. The first-order valence-electron chi connectivity index (χ1n) is 10.4. The smallest absolute Gasteiger partial charge is 0.372 e. The Balaban J connectivity index is 0.000000555. The number of carbonyl (C=O) groups excluding carboxylic acids is 1. The van der Waals surface area contributed by atoms with E-state index in [-0.39, 0.29) is 17.0 Å². The number of aromatic nitrogens is 1. The van der Waals surface area contributed by atoms with Gasteiger partial charge in [-0.15, -0.1) is 10.2 Å². The van der Waals surface area contributed by atoms with Gasteiger partial charge in [0.15, 0.2) is 0 Å². The summed E-state index contributed by atoms with van der Waals surface area (Å²) in [6.07, 6.45) is 5.59. The second-order valence-corrected chi connectivity index (χ2v) is 8.71. The zero-order valence-electron chi connectivity index (χ0n) is 18.6. The zero-order valence-corrected chi connectivity index (χ0v) is 19.4. The molecule has 2 aliphatic heterocycles. The minimum absolute atomic E-state index is 0.223. The topological polar surface area (TPSA) is 147 Å². The van der Waals surface area contributed by atoms with Crippen molar-refractivity contribution in [1.29, 1.82) is 0 Å². The van der Waals surface area contributed by atoms with Crippen molar-refractivity contribution in [2.75, 3.05) is 27.3 Å². The van der Waals surface area contributed by atoms with E-state index in [1.54, 1.807) is 12.1 Å². The van der Waals surface area contributed by atoms with Crippen LogP contribution in [0.3, 0.4) is 0 Å². The van der Waals surface area contributed by atoms with Crippen LogP contribution in [0.4, 0.5) is 4.39 Å². The van der Waals surface area contributed by atoms with Crippen molar-refractivity contribution in [2.45, 2.75) is 32.6 Å². The predicted octanol–water partition coefficient (Wildman–Crippen LogP) is -1.20. The molecule has 1 N–H and O–H groups in total.